The summed E-state index contributed by atoms with van der Waals surface area (Å²) in [6.45, 7) is 0. The van der Waals surface area contributed by atoms with Crippen molar-refractivity contribution >= 4 is 15.6 Å². The molecule has 0 saturated carbocycles. The fraction of sp³-hybridized carbons (Fsp3) is 0.300. The van der Waals surface area contributed by atoms with Crippen molar-refractivity contribution in [2.45, 2.75) is 11.1 Å². The van der Waals surface area contributed by atoms with Crippen LogP contribution in [-0.2, 0) is 14.5 Å². The van der Waals surface area contributed by atoms with Crippen molar-refractivity contribution in [2.24, 2.45) is 4.36 Å². The Morgan fingerprint density at radius 2 is 1.89 bits per heavy atom. The number of carbonyl (C=O) groups is 1. The molecule has 0 heterocycles. The molecule has 1 aromatic rings. The second kappa shape index (κ2) is 4.97. The number of hydrogen-bond acceptors (Lipinski definition) is 3. The highest BCUT2D eigenvalue weighted by Gasteiger charge is 2.39. The van der Waals surface area contributed by atoms with Crippen molar-refractivity contribution in [3.8, 4) is 5.75 Å². The van der Waals surface area contributed by atoms with Crippen LogP contribution in [-0.4, -0.2) is 29.7 Å². The monoisotopic (exact) mass is 281 g/mol. The van der Waals surface area contributed by atoms with Crippen molar-refractivity contribution in [1.82, 2.24) is 0 Å². The van der Waals surface area contributed by atoms with Gasteiger partial charge in [0.15, 0.2) is 0 Å². The molecule has 18 heavy (non-hydrogen) atoms. The molecule has 1 atom stereocenters. The van der Waals surface area contributed by atoms with Crippen LogP contribution >= 0.6 is 0 Å². The number of alkyl halides is 3. The first kappa shape index (κ1) is 14.5. The summed E-state index contributed by atoms with van der Waals surface area (Å²) in [6, 6.07) is 5.75. The summed E-state index contributed by atoms with van der Waals surface area (Å²) < 4.78 is 55.9. The first-order chi connectivity index (χ1) is 8.18. The molecule has 0 bridgehead atoms. The number of hydrogen-bond donors (Lipinski definition) is 0. The van der Waals surface area contributed by atoms with Gasteiger partial charge in [-0.15, -0.1) is 4.36 Å². The summed E-state index contributed by atoms with van der Waals surface area (Å²) in [4.78, 5) is 10.7. The van der Waals surface area contributed by atoms with Crippen LogP contribution in [0.15, 0.2) is 33.5 Å². The van der Waals surface area contributed by atoms with Gasteiger partial charge in [-0.2, -0.15) is 13.2 Å². The topological polar surface area (TPSA) is 55.7 Å². The number of amides is 1. The fourth-order valence-electron chi connectivity index (χ4n) is 1.19. The highest BCUT2D eigenvalue weighted by atomic mass is 32.2. The third-order valence-corrected chi connectivity index (χ3v) is 3.64. The van der Waals surface area contributed by atoms with Crippen LogP contribution in [0, 0.1) is 0 Å². The Hall–Kier alpha value is -1.57. The molecule has 0 fully saturated rings. The van der Waals surface area contributed by atoms with Crippen LogP contribution in [0.25, 0.3) is 0 Å². The number of methoxy groups -OCH3 is 1. The van der Waals surface area contributed by atoms with E-state index in [-0.39, 0.29) is 10.6 Å². The van der Waals surface area contributed by atoms with Crippen molar-refractivity contribution in [3.63, 3.8) is 0 Å². The molecule has 0 aliphatic heterocycles. The molecule has 0 saturated heterocycles. The average molecular weight is 281 g/mol. The number of rotatable bonds is 2. The smallest absolute Gasteiger partial charge is 0.474 e. The predicted molar refractivity (Wildman–Crippen MR) is 58.8 cm³/mol. The molecule has 1 amide bonds. The summed E-state index contributed by atoms with van der Waals surface area (Å²) in [6.07, 6.45) is -4.19. The number of ether oxygens (including phenoxy) is 1. The Balaban J connectivity index is 3.34. The minimum absolute atomic E-state index is 0.0508. The van der Waals surface area contributed by atoms with Gasteiger partial charge >= 0.3 is 12.1 Å². The maximum Gasteiger partial charge on any atom is 0.474 e. The van der Waals surface area contributed by atoms with E-state index in [1.165, 1.54) is 25.3 Å². The number of nitrogens with zero attached hydrogens (tertiary/aromatic N) is 1. The summed E-state index contributed by atoms with van der Waals surface area (Å²) in [5.41, 5.74) is 0. The highest BCUT2D eigenvalue weighted by molar-refractivity contribution is 7.93. The largest absolute Gasteiger partial charge is 0.495 e. The second-order valence-electron chi connectivity index (χ2n) is 3.35. The van der Waals surface area contributed by atoms with Crippen molar-refractivity contribution in [3.05, 3.63) is 24.3 Å². The van der Waals surface area contributed by atoms with Crippen LogP contribution < -0.4 is 4.74 Å². The van der Waals surface area contributed by atoms with E-state index in [0.717, 1.165) is 6.26 Å². The van der Waals surface area contributed by atoms with Crippen LogP contribution in [0.1, 0.15) is 0 Å². The molecule has 4 nitrogen and oxygen atoms in total. The molecule has 8 heteroatoms. The van der Waals surface area contributed by atoms with Crippen molar-refractivity contribution in [2.75, 3.05) is 13.4 Å². The van der Waals surface area contributed by atoms with Gasteiger partial charge in [-0.1, -0.05) is 12.1 Å². The van der Waals surface area contributed by atoms with Gasteiger partial charge < -0.3 is 4.74 Å². The molecule has 0 aliphatic carbocycles. The van der Waals surface area contributed by atoms with E-state index >= 15 is 0 Å². The lowest BCUT2D eigenvalue weighted by atomic mass is 10.3. The lowest BCUT2D eigenvalue weighted by Crippen LogP contribution is -2.22. The Labute approximate surface area is 102 Å². The second-order valence-corrected chi connectivity index (χ2v) is 5.58. The van der Waals surface area contributed by atoms with Gasteiger partial charge in [0.25, 0.3) is 0 Å². The summed E-state index contributed by atoms with van der Waals surface area (Å²) in [7, 11) is -2.23. The summed E-state index contributed by atoms with van der Waals surface area (Å²) >= 11 is 0. The third kappa shape index (κ3) is 3.22. The molecule has 0 radical (unpaired) electrons. The zero-order valence-corrected chi connectivity index (χ0v) is 10.3. The zero-order valence-electron chi connectivity index (χ0n) is 9.52. The van der Waals surface area contributed by atoms with Crippen LogP contribution in [0.5, 0.6) is 5.75 Å². The van der Waals surface area contributed by atoms with Crippen molar-refractivity contribution in [1.29, 1.82) is 0 Å². The standard InChI is InChI=1S/C10H10F3NO3S/c1-17-7-5-3-4-6-8(7)18(2,16)14-9(15)10(11,12)13/h3-6H,1-2H3. The first-order valence-corrected chi connectivity index (χ1v) is 6.57. The molecule has 0 spiro atoms. The zero-order chi connectivity index (χ0) is 14.0. The SMILES string of the molecule is COc1ccccc1S(C)(=O)=NC(=O)C(F)(F)F. The Bertz CT molecular complexity index is 574. The van der Waals surface area contributed by atoms with E-state index in [1.54, 1.807) is 6.07 Å². The van der Waals surface area contributed by atoms with Crippen LogP contribution in [0.4, 0.5) is 13.2 Å². The Kier molecular flexibility index (Phi) is 4.00. The molecule has 0 N–H and O–H groups in total. The Morgan fingerprint density at radius 3 is 2.39 bits per heavy atom. The van der Waals surface area contributed by atoms with Gasteiger partial charge in [0, 0.05) is 6.26 Å². The van der Waals surface area contributed by atoms with Gasteiger partial charge in [-0.05, 0) is 12.1 Å². The lowest BCUT2D eigenvalue weighted by Gasteiger charge is -2.09. The summed E-state index contributed by atoms with van der Waals surface area (Å²) in [5.74, 6) is -2.26. The molecule has 1 rings (SSSR count). The van der Waals surface area contributed by atoms with E-state index in [4.69, 9.17) is 4.74 Å². The average Bonchev–Trinajstić information content (AvgIpc) is 2.27. The quantitative estimate of drug-likeness (QED) is 0.835. The van der Waals surface area contributed by atoms with Gasteiger partial charge in [-0.25, -0.2) is 4.21 Å². The number of halogens is 3. The highest BCUT2D eigenvalue weighted by Crippen LogP contribution is 2.26. The number of carbonyl (C=O) groups excluding carboxylic acids is 1. The molecular formula is C10H10F3NO3S. The molecule has 100 valence electrons. The maximum atomic E-state index is 12.1. The van der Waals surface area contributed by atoms with E-state index < -0.39 is 21.8 Å². The van der Waals surface area contributed by atoms with E-state index in [1.807, 2.05) is 0 Å². The predicted octanol–water partition coefficient (Wildman–Crippen LogP) is 2.24. The van der Waals surface area contributed by atoms with Gasteiger partial charge in [0.2, 0.25) is 0 Å². The van der Waals surface area contributed by atoms with Crippen LogP contribution in [0.3, 0.4) is 0 Å². The first-order valence-electron chi connectivity index (χ1n) is 4.65. The summed E-state index contributed by atoms with van der Waals surface area (Å²) in [5, 5.41) is 0. The maximum absolute atomic E-state index is 12.1. The van der Waals surface area contributed by atoms with E-state index in [0.29, 0.717) is 0 Å². The minimum atomic E-state index is -5.14. The minimum Gasteiger partial charge on any atom is -0.495 e. The van der Waals surface area contributed by atoms with E-state index in [9.17, 15) is 22.2 Å². The third-order valence-electron chi connectivity index (χ3n) is 1.98. The normalized spacial score (nSPS) is 14.7. The van der Waals surface area contributed by atoms with Gasteiger partial charge in [-0.3, -0.25) is 4.79 Å². The van der Waals surface area contributed by atoms with E-state index in [2.05, 4.69) is 4.36 Å². The Morgan fingerprint density at radius 1 is 1.33 bits per heavy atom. The molecule has 1 unspecified atom stereocenters. The molecule has 1 aromatic carbocycles. The van der Waals surface area contributed by atoms with Gasteiger partial charge in [0.1, 0.15) is 5.75 Å². The molecule has 0 aromatic heterocycles. The van der Waals surface area contributed by atoms with Crippen LogP contribution in [0.2, 0.25) is 0 Å². The number of para-hydroxylation sites is 1. The number of benzene rings is 1. The molecular weight excluding hydrogens is 271 g/mol. The fourth-order valence-corrected chi connectivity index (χ4v) is 2.56. The van der Waals surface area contributed by atoms with Crippen molar-refractivity contribution < 1.29 is 26.9 Å². The lowest BCUT2D eigenvalue weighted by molar-refractivity contribution is -0.169. The van der Waals surface area contributed by atoms with Gasteiger partial charge in [0.05, 0.1) is 21.7 Å². The molecule has 0 aliphatic rings.